The zero-order chi connectivity index (χ0) is 19.5. The molecule has 10 heteroatoms. The summed E-state index contributed by atoms with van der Waals surface area (Å²) in [5, 5.41) is 0. The number of nitrogen functional groups attached to an aromatic ring is 1. The molecule has 1 aromatic heterocycles. The number of rotatable bonds is 5. The van der Waals surface area contributed by atoms with Gasteiger partial charge in [0.05, 0.1) is 19.2 Å². The fourth-order valence-corrected chi connectivity index (χ4v) is 2.37. The number of nitrogens with two attached hydrogens (primary N) is 1. The van der Waals surface area contributed by atoms with Crippen LogP contribution in [0.4, 0.5) is 24.8 Å². The van der Waals surface area contributed by atoms with Gasteiger partial charge in [0.2, 0.25) is 0 Å². The van der Waals surface area contributed by atoms with E-state index in [0.29, 0.717) is 4.73 Å². The normalized spacial score (nSPS) is 11.6. The largest absolute Gasteiger partial charge is 0.495 e. The number of carbonyl (C=O) groups is 2. The number of esters is 1. The molecular formula is C15H21F3N3O4+. The molecule has 7 nitrogen and oxygen atoms in total. The summed E-state index contributed by atoms with van der Waals surface area (Å²) in [6.07, 6.45) is -5.22. The van der Waals surface area contributed by atoms with Gasteiger partial charge in [0.15, 0.2) is 0 Å². The Morgan fingerprint density at radius 3 is 2.08 bits per heavy atom. The first-order chi connectivity index (χ1) is 11.4. The van der Waals surface area contributed by atoms with Crippen LogP contribution in [0.25, 0.3) is 0 Å². The van der Waals surface area contributed by atoms with Gasteiger partial charge in [-0.25, -0.2) is 9.59 Å². The summed E-state index contributed by atoms with van der Waals surface area (Å²) in [6.45, 7) is 7.06. The minimum atomic E-state index is -5.22. The van der Waals surface area contributed by atoms with Crippen LogP contribution in [0, 0.1) is 0 Å². The smallest absolute Gasteiger partial charge is 0.465 e. The van der Waals surface area contributed by atoms with E-state index in [1.165, 1.54) is 6.07 Å². The summed E-state index contributed by atoms with van der Waals surface area (Å²) in [6, 6.07) is 1.95. The molecule has 0 aromatic carbocycles. The third kappa shape index (κ3) is 4.52. The molecule has 0 unspecified atom stereocenters. The van der Waals surface area contributed by atoms with Crippen LogP contribution in [0.5, 0.6) is 0 Å². The predicted molar refractivity (Wildman–Crippen MR) is 82.8 cm³/mol. The Bertz CT molecular complexity index is 652. The third-order valence-corrected chi connectivity index (χ3v) is 3.26. The van der Waals surface area contributed by atoms with Crippen molar-refractivity contribution in [2.45, 2.75) is 46.0 Å². The monoisotopic (exact) mass is 364 g/mol. The van der Waals surface area contributed by atoms with Crippen molar-refractivity contribution in [1.29, 1.82) is 0 Å². The second kappa shape index (κ2) is 7.58. The van der Waals surface area contributed by atoms with Crippen molar-refractivity contribution in [2.24, 2.45) is 0 Å². The molecule has 0 aliphatic carbocycles. The molecule has 0 saturated carbocycles. The second-order valence-corrected chi connectivity index (χ2v) is 5.75. The van der Waals surface area contributed by atoms with Gasteiger partial charge in [0.25, 0.3) is 11.6 Å². The van der Waals surface area contributed by atoms with Gasteiger partial charge < -0.3 is 10.5 Å². The van der Waals surface area contributed by atoms with Gasteiger partial charge in [-0.3, -0.25) is 9.74 Å². The van der Waals surface area contributed by atoms with Gasteiger partial charge >= 0.3 is 18.1 Å². The van der Waals surface area contributed by atoms with E-state index in [2.05, 4.69) is 9.57 Å². The highest BCUT2D eigenvalue weighted by molar-refractivity contribution is 5.94. The summed E-state index contributed by atoms with van der Waals surface area (Å²) < 4.78 is 43.0. The summed E-state index contributed by atoms with van der Waals surface area (Å²) in [5.74, 6) is -3.65. The van der Waals surface area contributed by atoms with Gasteiger partial charge in [-0.15, -0.1) is 0 Å². The van der Waals surface area contributed by atoms with Crippen molar-refractivity contribution in [1.82, 2.24) is 0 Å². The van der Waals surface area contributed by atoms with Crippen molar-refractivity contribution in [3.8, 4) is 0 Å². The third-order valence-electron chi connectivity index (χ3n) is 3.26. The van der Waals surface area contributed by atoms with Gasteiger partial charge in [-0.05, 0) is 38.5 Å². The molecule has 0 amide bonds. The maximum Gasteiger partial charge on any atom is 0.495 e. The molecule has 2 N–H and O–H groups in total. The summed E-state index contributed by atoms with van der Waals surface area (Å²) in [4.78, 5) is 29.4. The van der Waals surface area contributed by atoms with Crippen molar-refractivity contribution in [3.05, 3.63) is 17.7 Å². The van der Waals surface area contributed by atoms with E-state index < -0.39 is 18.1 Å². The Kier molecular flexibility index (Phi) is 6.22. The number of halogens is 3. The maximum atomic E-state index is 12.6. The standard InChI is InChI=1S/C15H20F3N3O4/c1-8(2)20(9(3)4)12-10(13(22)24-5)6-7-11(19)21(12)25-14(23)15(16,17)18/h6-9,19H,1-5H3/p+1. The van der Waals surface area contributed by atoms with Gasteiger partial charge in [0.1, 0.15) is 5.56 Å². The Labute approximate surface area is 143 Å². The fourth-order valence-electron chi connectivity index (χ4n) is 2.37. The van der Waals surface area contributed by atoms with Crippen LogP contribution in [0.15, 0.2) is 12.1 Å². The molecule has 140 valence electrons. The molecule has 0 bridgehead atoms. The molecule has 1 aromatic rings. The Morgan fingerprint density at radius 2 is 1.68 bits per heavy atom. The summed E-state index contributed by atoms with van der Waals surface area (Å²) >= 11 is 0. The lowest BCUT2D eigenvalue weighted by Crippen LogP contribution is -2.57. The number of anilines is 2. The molecule has 1 heterocycles. The zero-order valence-electron chi connectivity index (χ0n) is 14.5. The average Bonchev–Trinajstić information content (AvgIpc) is 2.48. The van der Waals surface area contributed by atoms with Crippen molar-refractivity contribution in [3.63, 3.8) is 0 Å². The number of carbonyl (C=O) groups excluding carboxylic acids is 2. The maximum absolute atomic E-state index is 12.6. The lowest BCUT2D eigenvalue weighted by Gasteiger charge is -2.29. The number of hydrogen-bond acceptors (Lipinski definition) is 6. The molecule has 0 aliphatic heterocycles. The quantitative estimate of drug-likeness (QED) is 0.629. The summed E-state index contributed by atoms with van der Waals surface area (Å²) in [5.41, 5.74) is 5.61. The number of aromatic nitrogens is 1. The van der Waals surface area contributed by atoms with Crippen molar-refractivity contribution >= 4 is 23.6 Å². The highest BCUT2D eigenvalue weighted by Gasteiger charge is 2.45. The molecule has 0 radical (unpaired) electrons. The highest BCUT2D eigenvalue weighted by Crippen LogP contribution is 2.24. The van der Waals surface area contributed by atoms with Gasteiger partial charge in [0, 0.05) is 6.07 Å². The van der Waals surface area contributed by atoms with Crippen LogP contribution in [0.3, 0.4) is 0 Å². The van der Waals surface area contributed by atoms with Crippen LogP contribution in [0.1, 0.15) is 38.1 Å². The molecule has 1 rings (SSSR count). The first-order valence-corrected chi connectivity index (χ1v) is 7.42. The topological polar surface area (TPSA) is 85.7 Å². The van der Waals surface area contributed by atoms with E-state index in [1.54, 1.807) is 32.6 Å². The SMILES string of the molecule is COC(=O)c1ccc(N)[n+](OC(=O)C(F)(F)F)c1N(C(C)C)C(C)C. The number of hydrogen-bond donors (Lipinski definition) is 1. The lowest BCUT2D eigenvalue weighted by molar-refractivity contribution is -0.849. The molecule has 25 heavy (non-hydrogen) atoms. The first-order valence-electron chi connectivity index (χ1n) is 7.42. The minimum absolute atomic E-state index is 0.0888. The molecular weight excluding hydrogens is 343 g/mol. The zero-order valence-corrected chi connectivity index (χ0v) is 14.5. The number of pyridine rings is 1. The van der Waals surface area contributed by atoms with E-state index in [0.717, 1.165) is 13.2 Å². The van der Waals surface area contributed by atoms with Gasteiger partial charge in [-0.2, -0.15) is 13.2 Å². The average molecular weight is 364 g/mol. The van der Waals surface area contributed by atoms with E-state index in [9.17, 15) is 22.8 Å². The Hall–Kier alpha value is -2.52. The van der Waals surface area contributed by atoms with E-state index in [1.807, 2.05) is 0 Å². The number of alkyl halides is 3. The van der Waals surface area contributed by atoms with Crippen LogP contribution in [-0.4, -0.2) is 37.3 Å². The van der Waals surface area contributed by atoms with Crippen molar-refractivity contribution in [2.75, 3.05) is 17.7 Å². The van der Waals surface area contributed by atoms with Gasteiger partial charge in [-0.1, -0.05) is 0 Å². The molecule has 0 atom stereocenters. The second-order valence-electron chi connectivity index (χ2n) is 5.75. The fraction of sp³-hybridized carbons (Fsp3) is 0.533. The van der Waals surface area contributed by atoms with Crippen LogP contribution < -0.4 is 20.2 Å². The Morgan fingerprint density at radius 1 is 1.16 bits per heavy atom. The molecule has 0 fully saturated rings. The number of methoxy groups -OCH3 is 1. The lowest BCUT2D eigenvalue weighted by atomic mass is 10.1. The van der Waals surface area contributed by atoms with E-state index >= 15 is 0 Å². The molecule has 0 aliphatic rings. The van der Waals surface area contributed by atoms with E-state index in [4.69, 9.17) is 5.73 Å². The molecule has 0 spiro atoms. The van der Waals surface area contributed by atoms with Crippen LogP contribution in [-0.2, 0) is 9.53 Å². The predicted octanol–water partition coefficient (Wildman–Crippen LogP) is 1.48. The number of nitrogens with zero attached hydrogens (tertiary/aromatic N) is 2. The van der Waals surface area contributed by atoms with Crippen molar-refractivity contribution < 1.29 is 37.1 Å². The first kappa shape index (κ1) is 20.5. The van der Waals surface area contributed by atoms with Crippen LogP contribution in [0.2, 0.25) is 0 Å². The Balaban J connectivity index is 3.68. The highest BCUT2D eigenvalue weighted by atomic mass is 19.4. The molecule has 0 saturated heterocycles. The van der Waals surface area contributed by atoms with E-state index in [-0.39, 0.29) is 29.3 Å². The summed E-state index contributed by atoms with van der Waals surface area (Å²) in [7, 11) is 1.13. The number of ether oxygens (including phenoxy) is 1. The van der Waals surface area contributed by atoms with Crippen LogP contribution >= 0.6 is 0 Å². The minimum Gasteiger partial charge on any atom is -0.465 e.